The molecule has 0 saturated heterocycles. The van der Waals surface area contributed by atoms with Gasteiger partial charge in [-0.1, -0.05) is 0 Å². The van der Waals surface area contributed by atoms with Gasteiger partial charge in [-0.15, -0.1) is 11.3 Å². The van der Waals surface area contributed by atoms with Crippen molar-refractivity contribution in [2.45, 2.75) is 11.5 Å². The van der Waals surface area contributed by atoms with Gasteiger partial charge in [-0.2, -0.15) is 0 Å². The SMILES string of the molecule is COC(=O)c1ccc(OCc2ccc(C(=O)Nc3ccc(S(=O)(=O)Nc4nccs4)cc3)o2)cc1. The summed E-state index contributed by atoms with van der Waals surface area (Å²) < 4.78 is 43.0. The number of furan rings is 1. The Hall–Kier alpha value is -4.16. The number of carbonyl (C=O) groups excluding carboxylic acids is 2. The van der Waals surface area contributed by atoms with Gasteiger partial charge < -0.3 is 19.2 Å². The lowest BCUT2D eigenvalue weighted by Crippen LogP contribution is -2.13. The van der Waals surface area contributed by atoms with E-state index in [4.69, 9.17) is 9.15 Å². The van der Waals surface area contributed by atoms with Crippen LogP contribution in [0.1, 0.15) is 26.7 Å². The van der Waals surface area contributed by atoms with Crippen molar-refractivity contribution in [1.82, 2.24) is 4.98 Å². The average Bonchev–Trinajstić information content (AvgIpc) is 3.55. The highest BCUT2D eigenvalue weighted by atomic mass is 32.2. The van der Waals surface area contributed by atoms with E-state index in [-0.39, 0.29) is 22.4 Å². The fourth-order valence-corrected chi connectivity index (χ4v) is 4.68. The number of nitrogens with one attached hydrogen (secondary N) is 2. The molecule has 0 atom stereocenters. The molecule has 0 radical (unpaired) electrons. The minimum absolute atomic E-state index is 0.0303. The number of hydrogen-bond donors (Lipinski definition) is 2. The number of anilines is 2. The maximum Gasteiger partial charge on any atom is 0.337 e. The van der Waals surface area contributed by atoms with E-state index in [1.807, 2.05) is 0 Å². The van der Waals surface area contributed by atoms with Crippen LogP contribution in [0.4, 0.5) is 10.8 Å². The number of thiazole rings is 1. The normalized spacial score (nSPS) is 11.0. The van der Waals surface area contributed by atoms with Crippen LogP contribution in [0.3, 0.4) is 0 Å². The first-order valence-corrected chi connectivity index (χ1v) is 12.4. The van der Waals surface area contributed by atoms with Gasteiger partial charge in [0.05, 0.1) is 17.6 Å². The Morgan fingerprint density at radius 1 is 1.03 bits per heavy atom. The van der Waals surface area contributed by atoms with Crippen molar-refractivity contribution in [2.75, 3.05) is 17.1 Å². The number of nitrogens with zero attached hydrogens (tertiary/aromatic N) is 1. The molecule has 2 aromatic carbocycles. The zero-order valence-corrected chi connectivity index (χ0v) is 19.9. The summed E-state index contributed by atoms with van der Waals surface area (Å²) in [6.07, 6.45) is 1.50. The van der Waals surface area contributed by atoms with Crippen LogP contribution in [0, 0.1) is 0 Å². The topological polar surface area (TPSA) is 137 Å². The van der Waals surface area contributed by atoms with E-state index < -0.39 is 21.9 Å². The Morgan fingerprint density at radius 3 is 2.43 bits per heavy atom. The summed E-state index contributed by atoms with van der Waals surface area (Å²) in [7, 11) is -2.48. The summed E-state index contributed by atoms with van der Waals surface area (Å²) in [5.74, 6) is 0.0464. The van der Waals surface area contributed by atoms with E-state index in [1.165, 1.54) is 55.0 Å². The number of benzene rings is 2. The third-order valence-electron chi connectivity index (χ3n) is 4.62. The maximum absolute atomic E-state index is 12.5. The Balaban J connectivity index is 1.32. The molecule has 2 heterocycles. The van der Waals surface area contributed by atoms with E-state index >= 15 is 0 Å². The minimum atomic E-state index is -3.78. The number of ether oxygens (including phenoxy) is 2. The number of aromatic nitrogens is 1. The lowest BCUT2D eigenvalue weighted by molar-refractivity contribution is 0.0600. The first kappa shape index (κ1) is 24.0. The minimum Gasteiger partial charge on any atom is -0.486 e. The molecule has 0 aliphatic heterocycles. The summed E-state index contributed by atoms with van der Waals surface area (Å²) in [5, 5.41) is 4.57. The molecule has 2 aromatic heterocycles. The van der Waals surface area contributed by atoms with Gasteiger partial charge in [-0.25, -0.2) is 18.2 Å². The standard InChI is InChI=1S/C23H19N3O7S2/c1-31-22(28)15-2-6-17(7-3-15)32-14-18-8-11-20(33-18)21(27)25-16-4-9-19(10-5-16)35(29,30)26-23-24-12-13-34-23/h2-13H,14H2,1H3,(H,24,26)(H,25,27). The van der Waals surface area contributed by atoms with Gasteiger partial charge in [0.15, 0.2) is 10.9 Å². The van der Waals surface area contributed by atoms with Gasteiger partial charge in [-0.05, 0) is 60.7 Å². The molecule has 0 bridgehead atoms. The molecule has 4 rings (SSSR count). The van der Waals surface area contributed by atoms with Crippen molar-refractivity contribution in [3.63, 3.8) is 0 Å². The highest BCUT2D eigenvalue weighted by Gasteiger charge is 2.17. The van der Waals surface area contributed by atoms with Crippen LogP contribution in [0.15, 0.2) is 81.6 Å². The molecule has 35 heavy (non-hydrogen) atoms. The van der Waals surface area contributed by atoms with E-state index in [9.17, 15) is 18.0 Å². The number of hydrogen-bond acceptors (Lipinski definition) is 9. The average molecular weight is 514 g/mol. The molecule has 2 N–H and O–H groups in total. The summed E-state index contributed by atoms with van der Waals surface area (Å²) in [6, 6.07) is 15.2. The third-order valence-corrected chi connectivity index (χ3v) is 6.79. The highest BCUT2D eigenvalue weighted by molar-refractivity contribution is 7.93. The monoisotopic (exact) mass is 513 g/mol. The van der Waals surface area contributed by atoms with Crippen LogP contribution in [-0.2, 0) is 21.4 Å². The molecule has 0 unspecified atom stereocenters. The Labute approximate surface area is 204 Å². The first-order chi connectivity index (χ1) is 16.8. The van der Waals surface area contributed by atoms with Crippen LogP contribution in [-0.4, -0.2) is 32.4 Å². The second-order valence-electron chi connectivity index (χ2n) is 6.99. The number of amides is 1. The molecule has 0 aliphatic carbocycles. The fourth-order valence-electron chi connectivity index (χ4n) is 2.89. The predicted octanol–water partition coefficient (Wildman–Crippen LogP) is 4.15. The Kier molecular flexibility index (Phi) is 7.13. The molecule has 0 spiro atoms. The number of rotatable bonds is 9. The molecule has 0 saturated carbocycles. The van der Waals surface area contributed by atoms with Crippen molar-refractivity contribution in [2.24, 2.45) is 0 Å². The lowest BCUT2D eigenvalue weighted by atomic mass is 10.2. The van der Waals surface area contributed by atoms with Gasteiger partial charge in [0.25, 0.3) is 15.9 Å². The summed E-state index contributed by atoms with van der Waals surface area (Å²) in [4.78, 5) is 27.9. The van der Waals surface area contributed by atoms with Gasteiger partial charge in [-0.3, -0.25) is 9.52 Å². The second-order valence-corrected chi connectivity index (χ2v) is 9.57. The molecule has 0 aliphatic rings. The van der Waals surface area contributed by atoms with Gasteiger partial charge in [0.2, 0.25) is 0 Å². The Morgan fingerprint density at radius 2 is 1.77 bits per heavy atom. The molecule has 1 amide bonds. The van der Waals surface area contributed by atoms with Crippen molar-refractivity contribution >= 4 is 44.1 Å². The molecular weight excluding hydrogens is 494 g/mol. The largest absolute Gasteiger partial charge is 0.486 e. The summed E-state index contributed by atoms with van der Waals surface area (Å²) in [5.41, 5.74) is 0.793. The smallest absolute Gasteiger partial charge is 0.337 e. The van der Waals surface area contributed by atoms with Crippen molar-refractivity contribution < 1.29 is 31.9 Å². The zero-order valence-electron chi connectivity index (χ0n) is 18.3. The number of esters is 1. The maximum atomic E-state index is 12.5. The highest BCUT2D eigenvalue weighted by Crippen LogP contribution is 2.21. The summed E-state index contributed by atoms with van der Waals surface area (Å²) >= 11 is 1.17. The number of methoxy groups -OCH3 is 1. The van der Waals surface area contributed by atoms with Crippen molar-refractivity contribution in [3.8, 4) is 5.75 Å². The van der Waals surface area contributed by atoms with Crippen LogP contribution in [0.25, 0.3) is 0 Å². The van der Waals surface area contributed by atoms with Crippen molar-refractivity contribution in [3.05, 3.63) is 89.3 Å². The fraction of sp³-hybridized carbons (Fsp3) is 0.0870. The molecular formula is C23H19N3O7S2. The lowest BCUT2D eigenvalue weighted by Gasteiger charge is -2.07. The summed E-state index contributed by atoms with van der Waals surface area (Å²) in [6.45, 7) is 0.0729. The molecule has 180 valence electrons. The number of sulfonamides is 1. The first-order valence-electron chi connectivity index (χ1n) is 10.1. The molecule has 10 nitrogen and oxygen atoms in total. The van der Waals surface area contributed by atoms with Gasteiger partial charge in [0.1, 0.15) is 18.1 Å². The molecule has 12 heteroatoms. The number of carbonyl (C=O) groups is 2. The molecule has 0 fully saturated rings. The van der Waals surface area contributed by atoms with E-state index in [0.29, 0.717) is 22.8 Å². The Bertz CT molecular complexity index is 1410. The predicted molar refractivity (Wildman–Crippen MR) is 128 cm³/mol. The quantitative estimate of drug-likeness (QED) is 0.319. The van der Waals surface area contributed by atoms with E-state index in [1.54, 1.807) is 35.7 Å². The zero-order chi connectivity index (χ0) is 24.8. The van der Waals surface area contributed by atoms with Gasteiger partial charge >= 0.3 is 5.97 Å². The molecule has 4 aromatic rings. The van der Waals surface area contributed by atoms with E-state index in [0.717, 1.165) is 0 Å². The van der Waals surface area contributed by atoms with Crippen molar-refractivity contribution in [1.29, 1.82) is 0 Å². The second kappa shape index (κ2) is 10.4. The van der Waals surface area contributed by atoms with Crippen LogP contribution < -0.4 is 14.8 Å². The van der Waals surface area contributed by atoms with Crippen LogP contribution in [0.5, 0.6) is 5.75 Å². The third kappa shape index (κ3) is 6.05. The van der Waals surface area contributed by atoms with Gasteiger partial charge in [0, 0.05) is 17.3 Å². The van der Waals surface area contributed by atoms with Crippen LogP contribution in [0.2, 0.25) is 0 Å². The van der Waals surface area contributed by atoms with E-state index in [2.05, 4.69) is 19.8 Å². The van der Waals surface area contributed by atoms with Crippen LogP contribution >= 0.6 is 11.3 Å².